The Labute approximate surface area is 337 Å². The number of anilines is 1. The van der Waals surface area contributed by atoms with Gasteiger partial charge in [0.2, 0.25) is 0 Å². The SMILES string of the molecule is CC([n+]1ccccc1)[n+]1ccccc1.CCCN(CCC)c1c([N+](=O)[O-])cc(C)cc1[N+](=O)[O-].CCCc1c(C(=O)O)cnc(C(=O)O)c1CCC.[Br-].[Br-]. The number of benzene rings is 1. The molecule has 0 atom stereocenters. The van der Waals surface area contributed by atoms with E-state index in [0.717, 1.165) is 31.9 Å². The molecule has 0 spiro atoms. The fraction of sp³-hybridized carbons (Fsp3) is 0.395. The Balaban J connectivity index is 0.000000776. The summed E-state index contributed by atoms with van der Waals surface area (Å²) in [5, 5.41) is 40.7. The first kappa shape index (κ1) is 49.2. The number of rotatable bonds is 15. The molecule has 1 aromatic carbocycles. The number of aromatic carboxylic acids is 2. The van der Waals surface area contributed by atoms with E-state index in [1.54, 1.807) is 11.8 Å². The van der Waals surface area contributed by atoms with Gasteiger partial charge in [0.1, 0.15) is 0 Å². The Morgan fingerprint density at radius 1 is 0.741 bits per heavy atom. The third-order valence-corrected chi connectivity index (χ3v) is 7.98. The second-order valence-corrected chi connectivity index (χ2v) is 12.0. The first-order valence-corrected chi connectivity index (χ1v) is 17.4. The molecule has 0 unspecified atom stereocenters. The van der Waals surface area contributed by atoms with Crippen molar-refractivity contribution in [1.29, 1.82) is 0 Å². The molecule has 0 fully saturated rings. The van der Waals surface area contributed by atoms with Crippen LogP contribution in [0.3, 0.4) is 0 Å². The van der Waals surface area contributed by atoms with Crippen molar-refractivity contribution in [3.63, 3.8) is 0 Å². The Morgan fingerprint density at radius 3 is 1.52 bits per heavy atom. The summed E-state index contributed by atoms with van der Waals surface area (Å²) < 4.78 is 4.33. The summed E-state index contributed by atoms with van der Waals surface area (Å²) in [7, 11) is 0. The van der Waals surface area contributed by atoms with Crippen molar-refractivity contribution in [3.8, 4) is 0 Å². The molecule has 0 amide bonds. The van der Waals surface area contributed by atoms with E-state index < -0.39 is 21.8 Å². The molecular formula is C38H50Br2N6O8. The van der Waals surface area contributed by atoms with E-state index in [0.29, 0.717) is 48.8 Å². The number of carboxylic acids is 2. The highest BCUT2D eigenvalue weighted by Crippen LogP contribution is 2.38. The lowest BCUT2D eigenvalue weighted by Gasteiger charge is -2.23. The molecule has 4 aromatic rings. The lowest BCUT2D eigenvalue weighted by Crippen LogP contribution is -3.00. The highest BCUT2D eigenvalue weighted by atomic mass is 79.9. The second-order valence-electron chi connectivity index (χ2n) is 12.0. The van der Waals surface area contributed by atoms with Crippen LogP contribution in [0.2, 0.25) is 0 Å². The Morgan fingerprint density at radius 2 is 1.17 bits per heavy atom. The van der Waals surface area contributed by atoms with Gasteiger partial charge in [-0.05, 0) is 49.3 Å². The summed E-state index contributed by atoms with van der Waals surface area (Å²) in [5.74, 6) is -2.16. The van der Waals surface area contributed by atoms with Crippen LogP contribution in [0.1, 0.15) is 104 Å². The van der Waals surface area contributed by atoms with Gasteiger partial charge in [-0.3, -0.25) is 20.2 Å². The van der Waals surface area contributed by atoms with Crippen LogP contribution < -0.4 is 48.0 Å². The fourth-order valence-electron chi connectivity index (χ4n) is 5.71. The predicted octanol–water partition coefficient (Wildman–Crippen LogP) is 1.16. The number of nitro groups is 2. The maximum atomic E-state index is 11.2. The minimum Gasteiger partial charge on any atom is -1.00 e. The van der Waals surface area contributed by atoms with Gasteiger partial charge in [0, 0.05) is 55.7 Å². The molecule has 54 heavy (non-hydrogen) atoms. The molecule has 0 saturated carbocycles. The minimum atomic E-state index is -1.10. The maximum Gasteiger partial charge on any atom is 0.354 e. The number of hydrogen-bond donors (Lipinski definition) is 2. The Hall–Kier alpha value is -4.83. The average molecular weight is 879 g/mol. The summed E-state index contributed by atoms with van der Waals surface area (Å²) in [5.41, 5.74) is 1.51. The molecule has 4 rings (SSSR count). The van der Waals surface area contributed by atoms with Crippen molar-refractivity contribution in [2.24, 2.45) is 0 Å². The molecular weight excluding hydrogens is 828 g/mol. The van der Waals surface area contributed by atoms with Gasteiger partial charge in [0.05, 0.1) is 22.3 Å². The molecule has 3 heterocycles. The number of pyridine rings is 3. The van der Waals surface area contributed by atoms with E-state index >= 15 is 0 Å². The minimum absolute atomic E-state index is 0. The second kappa shape index (κ2) is 25.2. The molecule has 2 N–H and O–H groups in total. The van der Waals surface area contributed by atoms with Crippen molar-refractivity contribution >= 4 is 29.0 Å². The van der Waals surface area contributed by atoms with Crippen LogP contribution in [0, 0.1) is 27.2 Å². The van der Waals surface area contributed by atoms with E-state index in [2.05, 4.69) is 45.8 Å². The number of aryl methyl sites for hydroxylation is 1. The first-order valence-electron chi connectivity index (χ1n) is 17.4. The van der Waals surface area contributed by atoms with Gasteiger partial charge in [0.25, 0.3) is 11.4 Å². The molecule has 0 aliphatic carbocycles. The lowest BCUT2D eigenvalue weighted by molar-refractivity contribution is -0.941. The van der Waals surface area contributed by atoms with Crippen LogP contribution in [0.5, 0.6) is 0 Å². The standard InChI is InChI=1S/C13H19N3O4.C13H17NO4.C12H14N2.2BrH/c1-4-6-14(7-5-2)13-11(15(17)18)8-10(3)9-12(13)16(19)20;1-3-5-8-9(6-4-2)11(13(17)18)14-7-10(8)12(15)16;1-12(13-8-4-2-5-9-13)14-10-6-3-7-11-14;;/h8-9H,4-7H2,1-3H3;7H,3-6H2,1-2H3,(H,15,16)(H,17,18);2-12H,1H3;2*1H/q;;+2;;/p-2. The molecule has 0 aliphatic rings. The smallest absolute Gasteiger partial charge is 0.354 e. The largest absolute Gasteiger partial charge is 1.00 e. The number of carboxylic acid groups (broad SMARTS) is 2. The number of hydrogen-bond acceptors (Lipinski definition) is 8. The zero-order valence-electron chi connectivity index (χ0n) is 31.5. The summed E-state index contributed by atoms with van der Waals surface area (Å²) >= 11 is 0. The van der Waals surface area contributed by atoms with Gasteiger partial charge in [-0.2, -0.15) is 0 Å². The lowest BCUT2D eigenvalue weighted by atomic mass is 9.94. The summed E-state index contributed by atoms with van der Waals surface area (Å²) in [6, 6.07) is 15.0. The number of halogens is 2. The van der Waals surface area contributed by atoms with Crippen molar-refractivity contribution < 1.29 is 72.7 Å². The predicted molar refractivity (Wildman–Crippen MR) is 197 cm³/mol. The monoisotopic (exact) mass is 876 g/mol. The van der Waals surface area contributed by atoms with Gasteiger partial charge in [0.15, 0.2) is 36.2 Å². The molecule has 3 aromatic heterocycles. The number of aromatic nitrogens is 3. The number of nitrogens with zero attached hydrogens (tertiary/aromatic N) is 6. The van der Waals surface area contributed by atoms with Crippen LogP contribution in [-0.2, 0) is 12.8 Å². The van der Waals surface area contributed by atoms with Gasteiger partial charge < -0.3 is 49.1 Å². The summed E-state index contributed by atoms with van der Waals surface area (Å²) in [6.07, 6.45) is 13.9. The van der Waals surface area contributed by atoms with Crippen molar-refractivity contribution in [3.05, 3.63) is 128 Å². The average Bonchev–Trinajstić information content (AvgIpc) is 3.12. The van der Waals surface area contributed by atoms with Crippen LogP contribution in [0.4, 0.5) is 17.1 Å². The highest BCUT2D eigenvalue weighted by Gasteiger charge is 2.30. The molecule has 16 heteroatoms. The molecule has 294 valence electrons. The van der Waals surface area contributed by atoms with Crippen LogP contribution in [-0.4, -0.2) is 50.1 Å². The summed E-state index contributed by atoms with van der Waals surface area (Å²) in [4.78, 5) is 49.1. The fourth-order valence-corrected chi connectivity index (χ4v) is 5.71. The highest BCUT2D eigenvalue weighted by molar-refractivity contribution is 5.93. The van der Waals surface area contributed by atoms with E-state index in [1.165, 1.54) is 12.1 Å². The summed E-state index contributed by atoms with van der Waals surface area (Å²) in [6.45, 7) is 12.6. The topological polar surface area (TPSA) is 185 Å². The van der Waals surface area contributed by atoms with Gasteiger partial charge in [-0.15, -0.1) is 9.13 Å². The van der Waals surface area contributed by atoms with E-state index in [1.807, 2.05) is 64.1 Å². The van der Waals surface area contributed by atoms with E-state index in [-0.39, 0.29) is 62.3 Å². The van der Waals surface area contributed by atoms with E-state index in [9.17, 15) is 29.8 Å². The van der Waals surface area contributed by atoms with Crippen molar-refractivity contribution in [2.75, 3.05) is 18.0 Å². The normalized spacial score (nSPS) is 9.98. The molecule has 0 saturated heterocycles. The van der Waals surface area contributed by atoms with Crippen LogP contribution in [0.15, 0.2) is 79.5 Å². The Kier molecular flexibility index (Phi) is 23.0. The van der Waals surface area contributed by atoms with Gasteiger partial charge in [-0.1, -0.05) is 52.7 Å². The van der Waals surface area contributed by atoms with Crippen LogP contribution >= 0.6 is 0 Å². The quantitative estimate of drug-likeness (QED) is 0.0999. The van der Waals surface area contributed by atoms with E-state index in [4.69, 9.17) is 10.2 Å². The van der Waals surface area contributed by atoms with Crippen LogP contribution in [0.25, 0.3) is 0 Å². The van der Waals surface area contributed by atoms with Gasteiger partial charge >= 0.3 is 18.1 Å². The molecule has 0 aliphatic heterocycles. The molecule has 0 bridgehead atoms. The third-order valence-electron chi connectivity index (χ3n) is 7.98. The maximum absolute atomic E-state index is 11.2. The van der Waals surface area contributed by atoms with Gasteiger partial charge in [-0.25, -0.2) is 14.6 Å². The molecule has 0 radical (unpaired) electrons. The zero-order chi connectivity index (χ0) is 38.8. The number of nitro benzene ring substituents is 2. The molecule has 14 nitrogen and oxygen atoms in total. The Bertz CT molecular complexity index is 1680. The first-order chi connectivity index (χ1) is 24.8. The van der Waals surface area contributed by atoms with Crippen molar-refractivity contribution in [1.82, 2.24) is 4.98 Å². The van der Waals surface area contributed by atoms with Crippen molar-refractivity contribution in [2.45, 2.75) is 86.2 Å². The zero-order valence-corrected chi connectivity index (χ0v) is 34.7. The third kappa shape index (κ3) is 14.2. The number of carbonyl (C=O) groups is 2.